The number of thiazole rings is 1. The monoisotopic (exact) mass is 234 g/mol. The van der Waals surface area contributed by atoms with Gasteiger partial charge >= 0.3 is 0 Å². The Morgan fingerprint density at radius 1 is 1.25 bits per heavy atom. The Labute approximate surface area is 99.1 Å². The fraction of sp³-hybridized carbons (Fsp3) is 0.250. The summed E-state index contributed by atoms with van der Waals surface area (Å²) in [5.41, 5.74) is 2.23. The number of methoxy groups -OCH3 is 1. The highest BCUT2D eigenvalue weighted by atomic mass is 32.1. The molecular formula is C12H14N2OS. The highest BCUT2D eigenvalue weighted by Gasteiger charge is 2.08. The normalized spacial score (nSPS) is 10.2. The van der Waals surface area contributed by atoms with Gasteiger partial charge in [0.1, 0.15) is 5.75 Å². The molecule has 1 heterocycles. The summed E-state index contributed by atoms with van der Waals surface area (Å²) in [6.07, 6.45) is 0. The van der Waals surface area contributed by atoms with Crippen molar-refractivity contribution >= 4 is 16.5 Å². The smallest absolute Gasteiger partial charge is 0.183 e. The first-order valence-corrected chi connectivity index (χ1v) is 5.86. The van der Waals surface area contributed by atoms with E-state index in [4.69, 9.17) is 4.74 Å². The Morgan fingerprint density at radius 3 is 2.44 bits per heavy atom. The van der Waals surface area contributed by atoms with Crippen LogP contribution in [0.4, 0.5) is 5.13 Å². The average molecular weight is 234 g/mol. The summed E-state index contributed by atoms with van der Waals surface area (Å²) < 4.78 is 5.14. The molecule has 0 aliphatic carbocycles. The minimum Gasteiger partial charge on any atom is -0.497 e. The average Bonchev–Trinajstić information content (AvgIpc) is 2.71. The molecule has 1 aromatic heterocycles. The largest absolute Gasteiger partial charge is 0.497 e. The molecule has 2 aromatic rings. The summed E-state index contributed by atoms with van der Waals surface area (Å²) >= 11 is 1.66. The molecule has 0 spiro atoms. The van der Waals surface area contributed by atoms with Crippen molar-refractivity contribution in [1.82, 2.24) is 4.98 Å². The van der Waals surface area contributed by atoms with Gasteiger partial charge in [-0.1, -0.05) is 11.3 Å². The third-order valence-electron chi connectivity index (χ3n) is 2.36. The van der Waals surface area contributed by atoms with E-state index in [1.807, 2.05) is 26.1 Å². The molecule has 0 bridgehead atoms. The molecule has 0 amide bonds. The number of ether oxygens (including phenoxy) is 1. The lowest BCUT2D eigenvalue weighted by molar-refractivity contribution is 0.415. The molecule has 0 atom stereocenters. The van der Waals surface area contributed by atoms with Gasteiger partial charge in [-0.25, -0.2) is 4.98 Å². The van der Waals surface area contributed by atoms with E-state index in [9.17, 15) is 0 Å². The van der Waals surface area contributed by atoms with E-state index in [0.29, 0.717) is 0 Å². The van der Waals surface area contributed by atoms with Crippen LogP contribution in [0.2, 0.25) is 0 Å². The maximum absolute atomic E-state index is 5.14. The van der Waals surface area contributed by atoms with Gasteiger partial charge in [-0.2, -0.15) is 0 Å². The van der Waals surface area contributed by atoms with Gasteiger partial charge in [0.25, 0.3) is 0 Å². The van der Waals surface area contributed by atoms with E-state index in [1.165, 1.54) is 10.4 Å². The van der Waals surface area contributed by atoms with Gasteiger partial charge in [-0.3, -0.25) is 0 Å². The second-order valence-electron chi connectivity index (χ2n) is 3.41. The predicted molar refractivity (Wildman–Crippen MR) is 68.4 cm³/mol. The number of benzene rings is 1. The van der Waals surface area contributed by atoms with E-state index in [2.05, 4.69) is 22.4 Å². The van der Waals surface area contributed by atoms with E-state index >= 15 is 0 Å². The quantitative estimate of drug-likeness (QED) is 0.885. The number of anilines is 1. The second kappa shape index (κ2) is 4.53. The topological polar surface area (TPSA) is 34.2 Å². The van der Waals surface area contributed by atoms with Crippen LogP contribution in [0.1, 0.15) is 5.69 Å². The second-order valence-corrected chi connectivity index (χ2v) is 4.41. The van der Waals surface area contributed by atoms with E-state index in [0.717, 1.165) is 16.6 Å². The Kier molecular flexibility index (Phi) is 3.10. The predicted octanol–water partition coefficient (Wildman–Crippen LogP) is 3.17. The van der Waals surface area contributed by atoms with Gasteiger partial charge < -0.3 is 10.1 Å². The summed E-state index contributed by atoms with van der Waals surface area (Å²) in [4.78, 5) is 5.63. The number of hydrogen-bond acceptors (Lipinski definition) is 4. The SMILES string of the molecule is CNc1nc(C)c(-c2ccc(OC)cc2)s1. The van der Waals surface area contributed by atoms with Gasteiger partial charge in [0.05, 0.1) is 17.7 Å². The Balaban J connectivity index is 2.38. The zero-order valence-electron chi connectivity index (χ0n) is 9.57. The molecule has 0 radical (unpaired) electrons. The van der Waals surface area contributed by atoms with Crippen molar-refractivity contribution in [2.24, 2.45) is 0 Å². The van der Waals surface area contributed by atoms with E-state index in [-0.39, 0.29) is 0 Å². The van der Waals surface area contributed by atoms with Crippen molar-refractivity contribution in [3.05, 3.63) is 30.0 Å². The lowest BCUT2D eigenvalue weighted by Gasteiger charge is -2.01. The third kappa shape index (κ3) is 2.02. The Morgan fingerprint density at radius 2 is 1.94 bits per heavy atom. The number of aromatic nitrogens is 1. The van der Waals surface area contributed by atoms with E-state index < -0.39 is 0 Å². The molecule has 0 unspecified atom stereocenters. The lowest BCUT2D eigenvalue weighted by atomic mass is 10.1. The molecule has 2 rings (SSSR count). The zero-order valence-corrected chi connectivity index (χ0v) is 10.4. The highest BCUT2D eigenvalue weighted by molar-refractivity contribution is 7.19. The van der Waals surface area contributed by atoms with Crippen LogP contribution in [0.5, 0.6) is 5.75 Å². The van der Waals surface area contributed by atoms with Crippen LogP contribution in [0.3, 0.4) is 0 Å². The van der Waals surface area contributed by atoms with Crippen molar-refractivity contribution in [1.29, 1.82) is 0 Å². The van der Waals surface area contributed by atoms with Gasteiger partial charge in [-0.15, -0.1) is 0 Å². The van der Waals surface area contributed by atoms with Crippen LogP contribution in [0.25, 0.3) is 10.4 Å². The Bertz CT molecular complexity index is 476. The van der Waals surface area contributed by atoms with Crippen molar-refractivity contribution in [2.75, 3.05) is 19.5 Å². The van der Waals surface area contributed by atoms with E-state index in [1.54, 1.807) is 18.4 Å². The van der Waals surface area contributed by atoms with Crippen LogP contribution < -0.4 is 10.1 Å². The fourth-order valence-corrected chi connectivity index (χ4v) is 2.44. The molecular weight excluding hydrogens is 220 g/mol. The van der Waals surface area contributed by atoms with Crippen LogP contribution in [0, 0.1) is 6.92 Å². The van der Waals surface area contributed by atoms with Crippen LogP contribution in [0.15, 0.2) is 24.3 Å². The summed E-state index contributed by atoms with van der Waals surface area (Å²) in [5.74, 6) is 0.875. The molecule has 84 valence electrons. The molecule has 1 N–H and O–H groups in total. The summed E-state index contributed by atoms with van der Waals surface area (Å²) in [6, 6.07) is 8.04. The van der Waals surface area contributed by atoms with Gasteiger partial charge in [0.15, 0.2) is 5.13 Å². The molecule has 4 heteroatoms. The first-order valence-electron chi connectivity index (χ1n) is 5.04. The summed E-state index contributed by atoms with van der Waals surface area (Å²) in [7, 11) is 3.56. The Hall–Kier alpha value is -1.55. The fourth-order valence-electron chi connectivity index (χ4n) is 1.51. The van der Waals surface area contributed by atoms with Crippen LogP contribution >= 0.6 is 11.3 Å². The molecule has 16 heavy (non-hydrogen) atoms. The minimum atomic E-state index is 0.875. The van der Waals surface area contributed by atoms with Gasteiger partial charge in [0, 0.05) is 7.05 Å². The molecule has 0 saturated heterocycles. The third-order valence-corrected chi connectivity index (χ3v) is 3.59. The van der Waals surface area contributed by atoms with Crippen molar-refractivity contribution in [2.45, 2.75) is 6.92 Å². The standard InChI is InChI=1S/C12H14N2OS/c1-8-11(16-12(13-2)14-8)9-4-6-10(15-3)7-5-9/h4-7H,1-3H3,(H,13,14). The van der Waals surface area contributed by atoms with Crippen molar-refractivity contribution < 1.29 is 4.74 Å². The number of rotatable bonds is 3. The first kappa shape index (κ1) is 11.0. The molecule has 3 nitrogen and oxygen atoms in total. The number of aryl methyl sites for hydroxylation is 1. The summed E-state index contributed by atoms with van der Waals surface area (Å²) in [5, 5.41) is 4.01. The van der Waals surface area contributed by atoms with Crippen molar-refractivity contribution in [3.8, 4) is 16.2 Å². The van der Waals surface area contributed by atoms with Gasteiger partial charge in [-0.05, 0) is 36.8 Å². The number of hydrogen-bond donors (Lipinski definition) is 1. The first-order chi connectivity index (χ1) is 7.74. The molecule has 0 fully saturated rings. The molecule has 1 aromatic carbocycles. The number of nitrogens with zero attached hydrogens (tertiary/aromatic N) is 1. The lowest BCUT2D eigenvalue weighted by Crippen LogP contribution is -1.85. The highest BCUT2D eigenvalue weighted by Crippen LogP contribution is 2.33. The maximum atomic E-state index is 5.14. The van der Waals surface area contributed by atoms with Crippen LogP contribution in [-0.4, -0.2) is 19.1 Å². The summed E-state index contributed by atoms with van der Waals surface area (Å²) in [6.45, 7) is 2.02. The zero-order chi connectivity index (χ0) is 11.5. The van der Waals surface area contributed by atoms with Crippen molar-refractivity contribution in [3.63, 3.8) is 0 Å². The molecule has 0 aliphatic rings. The van der Waals surface area contributed by atoms with Crippen LogP contribution in [-0.2, 0) is 0 Å². The maximum Gasteiger partial charge on any atom is 0.183 e. The minimum absolute atomic E-state index is 0.875. The van der Waals surface area contributed by atoms with Gasteiger partial charge in [0.2, 0.25) is 0 Å². The number of nitrogens with one attached hydrogen (secondary N) is 1. The molecule has 0 aliphatic heterocycles. The molecule has 0 saturated carbocycles.